The first-order valence-electron chi connectivity index (χ1n) is 6.20. The number of pyridine rings is 1. The molecule has 0 atom stereocenters. The molecule has 19 heavy (non-hydrogen) atoms. The van der Waals surface area contributed by atoms with Crippen molar-refractivity contribution in [2.45, 2.75) is 6.42 Å². The van der Waals surface area contributed by atoms with Gasteiger partial charge in [0.1, 0.15) is 11.6 Å². The van der Waals surface area contributed by atoms with Gasteiger partial charge in [0.15, 0.2) is 0 Å². The van der Waals surface area contributed by atoms with Crippen molar-refractivity contribution < 1.29 is 4.39 Å². The van der Waals surface area contributed by atoms with Gasteiger partial charge in [-0.2, -0.15) is 0 Å². The Kier molecular flexibility index (Phi) is 3.01. The zero-order valence-corrected chi connectivity index (χ0v) is 10.4. The van der Waals surface area contributed by atoms with Crippen molar-refractivity contribution in [1.29, 1.82) is 0 Å². The van der Waals surface area contributed by atoms with Gasteiger partial charge in [0.05, 0.1) is 11.7 Å². The number of imidazole rings is 1. The number of halogens is 1. The summed E-state index contributed by atoms with van der Waals surface area (Å²) in [4.78, 5) is 4.36. The lowest BCUT2D eigenvalue weighted by Crippen LogP contribution is -2.06. The van der Waals surface area contributed by atoms with Gasteiger partial charge in [0.25, 0.3) is 0 Å². The maximum atomic E-state index is 12.9. The Morgan fingerprint density at radius 1 is 1.11 bits per heavy atom. The predicted molar refractivity (Wildman–Crippen MR) is 73.3 cm³/mol. The van der Waals surface area contributed by atoms with Crippen molar-refractivity contribution in [2.75, 3.05) is 6.54 Å². The summed E-state index contributed by atoms with van der Waals surface area (Å²) in [6, 6.07) is 10.5. The minimum absolute atomic E-state index is 0.223. The lowest BCUT2D eigenvalue weighted by atomic mass is 10.1. The molecule has 0 bridgehead atoms. The Morgan fingerprint density at radius 3 is 2.63 bits per heavy atom. The van der Waals surface area contributed by atoms with Gasteiger partial charge in [0, 0.05) is 12.6 Å². The highest BCUT2D eigenvalue weighted by atomic mass is 19.1. The van der Waals surface area contributed by atoms with E-state index < -0.39 is 0 Å². The smallest absolute Gasteiger partial charge is 0.123 e. The fraction of sp³-hybridized carbons (Fsp3) is 0.133. The third kappa shape index (κ3) is 2.22. The first kappa shape index (κ1) is 11.9. The number of nitrogens with zero attached hydrogens (tertiary/aromatic N) is 2. The zero-order valence-electron chi connectivity index (χ0n) is 10.4. The molecule has 0 spiro atoms. The van der Waals surface area contributed by atoms with Crippen molar-refractivity contribution in [3.63, 3.8) is 0 Å². The highest BCUT2D eigenvalue weighted by Crippen LogP contribution is 2.21. The molecule has 0 aliphatic heterocycles. The number of rotatable bonds is 3. The van der Waals surface area contributed by atoms with Crippen LogP contribution in [0.1, 0.15) is 5.82 Å². The van der Waals surface area contributed by atoms with Crippen molar-refractivity contribution in [3.05, 3.63) is 60.4 Å². The number of benzene rings is 1. The van der Waals surface area contributed by atoms with E-state index in [2.05, 4.69) is 4.98 Å². The minimum atomic E-state index is -0.223. The minimum Gasteiger partial charge on any atom is -0.330 e. The lowest BCUT2D eigenvalue weighted by molar-refractivity contribution is 0.628. The average Bonchev–Trinajstić information content (AvgIpc) is 2.83. The molecule has 4 heteroatoms. The summed E-state index contributed by atoms with van der Waals surface area (Å²) >= 11 is 0. The molecule has 0 aliphatic carbocycles. The van der Waals surface area contributed by atoms with Gasteiger partial charge in [-0.3, -0.25) is 0 Å². The van der Waals surface area contributed by atoms with Gasteiger partial charge in [-0.05, 0) is 41.9 Å². The highest BCUT2D eigenvalue weighted by molar-refractivity contribution is 5.68. The van der Waals surface area contributed by atoms with E-state index in [4.69, 9.17) is 5.73 Å². The standard InChI is InChI=1S/C15H14FN3/c16-13-3-1-11(2-4-13)12-6-8-19-14(9-12)10-18-15(19)5-7-17/h1-4,6,8-10H,5,7,17H2. The maximum Gasteiger partial charge on any atom is 0.123 e. The molecule has 2 aromatic heterocycles. The van der Waals surface area contributed by atoms with Gasteiger partial charge in [-0.1, -0.05) is 12.1 Å². The Bertz CT molecular complexity index is 701. The number of hydrogen-bond acceptors (Lipinski definition) is 2. The topological polar surface area (TPSA) is 43.3 Å². The number of nitrogens with two attached hydrogens (primary N) is 1. The second-order valence-electron chi connectivity index (χ2n) is 4.43. The van der Waals surface area contributed by atoms with Crippen LogP contribution >= 0.6 is 0 Å². The fourth-order valence-electron chi connectivity index (χ4n) is 2.19. The molecule has 0 saturated heterocycles. The molecule has 2 heterocycles. The van der Waals surface area contributed by atoms with E-state index in [9.17, 15) is 4.39 Å². The molecule has 3 nitrogen and oxygen atoms in total. The van der Waals surface area contributed by atoms with E-state index in [-0.39, 0.29) is 5.82 Å². The van der Waals surface area contributed by atoms with Crippen LogP contribution in [-0.2, 0) is 6.42 Å². The van der Waals surface area contributed by atoms with E-state index in [1.165, 1.54) is 12.1 Å². The summed E-state index contributed by atoms with van der Waals surface area (Å²) < 4.78 is 14.9. The largest absolute Gasteiger partial charge is 0.330 e. The highest BCUT2D eigenvalue weighted by Gasteiger charge is 2.04. The van der Waals surface area contributed by atoms with Gasteiger partial charge in [-0.15, -0.1) is 0 Å². The molecule has 0 fully saturated rings. The van der Waals surface area contributed by atoms with Crippen LogP contribution in [0, 0.1) is 5.82 Å². The Balaban J connectivity index is 2.04. The van der Waals surface area contributed by atoms with E-state index in [1.807, 2.05) is 28.9 Å². The number of hydrogen-bond donors (Lipinski definition) is 1. The first-order valence-corrected chi connectivity index (χ1v) is 6.20. The van der Waals surface area contributed by atoms with E-state index in [0.29, 0.717) is 6.54 Å². The third-order valence-electron chi connectivity index (χ3n) is 3.15. The monoisotopic (exact) mass is 255 g/mol. The van der Waals surface area contributed by atoms with Gasteiger partial charge >= 0.3 is 0 Å². The van der Waals surface area contributed by atoms with Crippen molar-refractivity contribution in [2.24, 2.45) is 5.73 Å². The molecule has 0 saturated carbocycles. The van der Waals surface area contributed by atoms with E-state index in [1.54, 1.807) is 12.1 Å². The van der Waals surface area contributed by atoms with Gasteiger partial charge < -0.3 is 10.1 Å². The predicted octanol–water partition coefficient (Wildman–Crippen LogP) is 2.64. The normalized spacial score (nSPS) is 11.1. The van der Waals surface area contributed by atoms with Crippen molar-refractivity contribution >= 4 is 5.52 Å². The molecule has 2 N–H and O–H groups in total. The summed E-state index contributed by atoms with van der Waals surface area (Å²) in [7, 11) is 0. The lowest BCUT2D eigenvalue weighted by Gasteiger charge is -2.04. The molecular formula is C15H14FN3. The quantitative estimate of drug-likeness (QED) is 0.781. The average molecular weight is 255 g/mol. The molecule has 3 rings (SSSR count). The number of aromatic nitrogens is 2. The number of fused-ring (bicyclic) bond motifs is 1. The molecule has 0 amide bonds. The molecule has 0 radical (unpaired) electrons. The Morgan fingerprint density at radius 2 is 1.89 bits per heavy atom. The Hall–Kier alpha value is -2.20. The SMILES string of the molecule is NCCc1ncc2cc(-c3ccc(F)cc3)ccn12. The van der Waals surface area contributed by atoms with Crippen LogP contribution in [0.4, 0.5) is 4.39 Å². The van der Waals surface area contributed by atoms with Gasteiger partial charge in [0.2, 0.25) is 0 Å². The second-order valence-corrected chi connectivity index (χ2v) is 4.43. The van der Waals surface area contributed by atoms with Gasteiger partial charge in [-0.25, -0.2) is 9.37 Å². The summed E-state index contributed by atoms with van der Waals surface area (Å²) in [5.74, 6) is 0.738. The summed E-state index contributed by atoms with van der Waals surface area (Å²) in [6.45, 7) is 0.582. The van der Waals surface area contributed by atoms with E-state index >= 15 is 0 Å². The van der Waals surface area contributed by atoms with Crippen LogP contribution in [0.2, 0.25) is 0 Å². The van der Waals surface area contributed by atoms with Crippen LogP contribution in [0.25, 0.3) is 16.6 Å². The zero-order chi connectivity index (χ0) is 13.2. The summed E-state index contributed by atoms with van der Waals surface area (Å²) in [5, 5.41) is 0. The second kappa shape index (κ2) is 4.82. The van der Waals surface area contributed by atoms with Crippen LogP contribution in [-0.4, -0.2) is 15.9 Å². The maximum absolute atomic E-state index is 12.9. The summed E-state index contributed by atoms with van der Waals surface area (Å²) in [5.41, 5.74) is 8.61. The molecular weight excluding hydrogens is 241 g/mol. The van der Waals surface area contributed by atoms with Crippen LogP contribution in [0.3, 0.4) is 0 Å². The van der Waals surface area contributed by atoms with Crippen molar-refractivity contribution in [1.82, 2.24) is 9.38 Å². The van der Waals surface area contributed by atoms with Crippen LogP contribution in [0.5, 0.6) is 0 Å². The van der Waals surface area contributed by atoms with E-state index in [0.717, 1.165) is 28.9 Å². The van der Waals surface area contributed by atoms with Crippen LogP contribution in [0.15, 0.2) is 48.8 Å². The molecule has 0 unspecified atom stereocenters. The molecule has 0 aliphatic rings. The third-order valence-corrected chi connectivity index (χ3v) is 3.15. The Labute approximate surface area is 110 Å². The molecule has 1 aromatic carbocycles. The van der Waals surface area contributed by atoms with Crippen LogP contribution < -0.4 is 5.73 Å². The first-order chi connectivity index (χ1) is 9.28. The summed E-state index contributed by atoms with van der Waals surface area (Å²) in [6.07, 6.45) is 4.56. The molecule has 96 valence electrons. The van der Waals surface area contributed by atoms with Crippen molar-refractivity contribution in [3.8, 4) is 11.1 Å². The molecule has 3 aromatic rings. The fourth-order valence-corrected chi connectivity index (χ4v) is 2.19.